The second-order valence-electron chi connectivity index (χ2n) is 4.29. The first-order valence-corrected chi connectivity index (χ1v) is 5.36. The Bertz CT molecular complexity index is 187. The van der Waals surface area contributed by atoms with E-state index in [9.17, 15) is 0 Å². The van der Waals surface area contributed by atoms with Crippen LogP contribution in [-0.2, 0) is 9.47 Å². The smallest absolute Gasteiger partial charge is 0.0607 e. The van der Waals surface area contributed by atoms with Crippen LogP contribution in [0.15, 0.2) is 0 Å². The highest BCUT2D eigenvalue weighted by Crippen LogP contribution is 2.39. The van der Waals surface area contributed by atoms with Crippen LogP contribution in [0.3, 0.4) is 0 Å². The number of hydrogen-bond donors (Lipinski definition) is 1. The zero-order valence-corrected chi connectivity index (χ0v) is 8.87. The van der Waals surface area contributed by atoms with E-state index in [0.29, 0.717) is 6.10 Å². The molecule has 2 aliphatic rings. The van der Waals surface area contributed by atoms with E-state index in [4.69, 9.17) is 15.2 Å². The quantitative estimate of drug-likeness (QED) is 0.687. The summed E-state index contributed by atoms with van der Waals surface area (Å²) < 4.78 is 10.7. The molecule has 2 fully saturated rings. The molecule has 2 N–H and O–H groups in total. The summed E-state index contributed by atoms with van der Waals surface area (Å²) >= 11 is 0. The van der Waals surface area contributed by atoms with Crippen LogP contribution < -0.4 is 5.73 Å². The molecule has 0 aromatic carbocycles. The second kappa shape index (κ2) is 4.14. The highest BCUT2D eigenvalue weighted by molar-refractivity contribution is 5.04. The molecule has 1 aliphatic carbocycles. The van der Waals surface area contributed by atoms with E-state index < -0.39 is 0 Å². The summed E-state index contributed by atoms with van der Waals surface area (Å²) in [7, 11) is 1.78. The molecule has 14 heavy (non-hydrogen) atoms. The largest absolute Gasteiger partial charge is 0.381 e. The third kappa shape index (κ3) is 1.67. The maximum Gasteiger partial charge on any atom is 0.0607 e. The minimum atomic E-state index is 0.213. The van der Waals surface area contributed by atoms with Gasteiger partial charge >= 0.3 is 0 Å². The molecule has 1 saturated heterocycles. The van der Waals surface area contributed by atoms with Gasteiger partial charge in [0, 0.05) is 32.3 Å². The number of nitrogens with zero attached hydrogens (tertiary/aromatic N) is 1. The maximum atomic E-state index is 5.88. The maximum absolute atomic E-state index is 5.88. The van der Waals surface area contributed by atoms with Crippen molar-refractivity contribution in [2.45, 2.75) is 24.5 Å². The van der Waals surface area contributed by atoms with Crippen LogP contribution in [-0.4, -0.2) is 56.5 Å². The average molecular weight is 200 g/mol. The first-order chi connectivity index (χ1) is 6.80. The summed E-state index contributed by atoms with van der Waals surface area (Å²) in [5, 5.41) is 0. The molecule has 0 amide bonds. The molecule has 4 heteroatoms. The Morgan fingerprint density at radius 1 is 1.43 bits per heavy atom. The van der Waals surface area contributed by atoms with Gasteiger partial charge in [-0.15, -0.1) is 0 Å². The SMILES string of the molecule is COC1CC(CN)(N2CCOCC2)C1. The highest BCUT2D eigenvalue weighted by atomic mass is 16.5. The van der Waals surface area contributed by atoms with Gasteiger partial charge in [0.2, 0.25) is 0 Å². The van der Waals surface area contributed by atoms with E-state index >= 15 is 0 Å². The van der Waals surface area contributed by atoms with Crippen LogP contribution >= 0.6 is 0 Å². The van der Waals surface area contributed by atoms with E-state index in [2.05, 4.69) is 4.90 Å². The van der Waals surface area contributed by atoms with Crippen molar-refractivity contribution in [1.29, 1.82) is 0 Å². The minimum absolute atomic E-state index is 0.213. The molecule has 1 aliphatic heterocycles. The predicted molar refractivity (Wildman–Crippen MR) is 54.2 cm³/mol. The Morgan fingerprint density at radius 2 is 2.07 bits per heavy atom. The van der Waals surface area contributed by atoms with Crippen molar-refractivity contribution in [2.75, 3.05) is 40.0 Å². The van der Waals surface area contributed by atoms with Gasteiger partial charge in [-0.2, -0.15) is 0 Å². The van der Waals surface area contributed by atoms with Crippen molar-refractivity contribution in [3.63, 3.8) is 0 Å². The molecular formula is C10H20N2O2. The van der Waals surface area contributed by atoms with Gasteiger partial charge in [-0.25, -0.2) is 0 Å². The molecule has 0 atom stereocenters. The van der Waals surface area contributed by atoms with E-state index in [1.54, 1.807) is 7.11 Å². The van der Waals surface area contributed by atoms with Crippen LogP contribution in [0.5, 0.6) is 0 Å². The van der Waals surface area contributed by atoms with Crippen LogP contribution in [0.1, 0.15) is 12.8 Å². The molecule has 1 saturated carbocycles. The number of rotatable bonds is 3. The molecule has 4 nitrogen and oxygen atoms in total. The zero-order valence-electron chi connectivity index (χ0n) is 8.87. The highest BCUT2D eigenvalue weighted by Gasteiger charge is 2.47. The fourth-order valence-corrected chi connectivity index (χ4v) is 2.55. The Kier molecular flexibility index (Phi) is 3.07. The zero-order chi connectivity index (χ0) is 10.0. The summed E-state index contributed by atoms with van der Waals surface area (Å²) in [5.41, 5.74) is 6.09. The van der Waals surface area contributed by atoms with E-state index in [1.165, 1.54) is 0 Å². The van der Waals surface area contributed by atoms with E-state index in [-0.39, 0.29) is 5.54 Å². The van der Waals surface area contributed by atoms with Gasteiger partial charge in [-0.1, -0.05) is 0 Å². The van der Waals surface area contributed by atoms with Crippen molar-refractivity contribution >= 4 is 0 Å². The topological polar surface area (TPSA) is 47.7 Å². The van der Waals surface area contributed by atoms with Crippen LogP contribution in [0.25, 0.3) is 0 Å². The molecule has 0 radical (unpaired) electrons. The lowest BCUT2D eigenvalue weighted by Gasteiger charge is -2.54. The Balaban J connectivity index is 1.92. The van der Waals surface area contributed by atoms with Gasteiger partial charge in [-0.3, -0.25) is 4.90 Å². The summed E-state index contributed by atoms with van der Waals surface area (Å²) in [6, 6.07) is 0. The second-order valence-corrected chi connectivity index (χ2v) is 4.29. The Hall–Kier alpha value is -0.160. The first-order valence-electron chi connectivity index (χ1n) is 5.36. The third-order valence-electron chi connectivity index (χ3n) is 3.61. The van der Waals surface area contributed by atoms with Crippen LogP contribution in [0, 0.1) is 0 Å². The van der Waals surface area contributed by atoms with Gasteiger partial charge in [-0.05, 0) is 12.8 Å². The van der Waals surface area contributed by atoms with Crippen molar-refractivity contribution < 1.29 is 9.47 Å². The Labute approximate surface area is 85.3 Å². The predicted octanol–water partition coefficient (Wildman–Crippen LogP) is -0.175. The average Bonchev–Trinajstić information content (AvgIpc) is 2.19. The molecule has 82 valence electrons. The van der Waals surface area contributed by atoms with Gasteiger partial charge in [0.05, 0.1) is 19.3 Å². The van der Waals surface area contributed by atoms with Crippen LogP contribution in [0.2, 0.25) is 0 Å². The van der Waals surface area contributed by atoms with Crippen molar-refractivity contribution in [2.24, 2.45) is 5.73 Å². The molecule has 0 aromatic heterocycles. The summed E-state index contributed by atoms with van der Waals surface area (Å²) in [5.74, 6) is 0. The molecule has 1 heterocycles. The van der Waals surface area contributed by atoms with Gasteiger partial charge in [0.1, 0.15) is 0 Å². The lowest BCUT2D eigenvalue weighted by Crippen LogP contribution is -2.65. The van der Waals surface area contributed by atoms with Gasteiger partial charge < -0.3 is 15.2 Å². The minimum Gasteiger partial charge on any atom is -0.381 e. The fraction of sp³-hybridized carbons (Fsp3) is 1.00. The normalized spacial score (nSPS) is 39.4. The summed E-state index contributed by atoms with van der Waals surface area (Å²) in [6.07, 6.45) is 2.58. The van der Waals surface area contributed by atoms with Crippen molar-refractivity contribution in [3.05, 3.63) is 0 Å². The molecule has 2 rings (SSSR count). The number of ether oxygens (including phenoxy) is 2. The van der Waals surface area contributed by atoms with E-state index in [1.807, 2.05) is 0 Å². The molecule has 0 bridgehead atoms. The third-order valence-corrected chi connectivity index (χ3v) is 3.61. The Morgan fingerprint density at radius 3 is 2.57 bits per heavy atom. The standard InChI is InChI=1S/C10H20N2O2/c1-13-9-6-10(7-9,8-11)12-2-4-14-5-3-12/h9H,2-8,11H2,1H3. The number of nitrogens with two attached hydrogens (primary N) is 1. The first kappa shape index (κ1) is 10.4. The summed E-state index contributed by atoms with van der Waals surface area (Å²) in [4.78, 5) is 2.48. The van der Waals surface area contributed by atoms with E-state index in [0.717, 1.165) is 45.7 Å². The molecular weight excluding hydrogens is 180 g/mol. The molecule has 0 unspecified atom stereocenters. The lowest BCUT2D eigenvalue weighted by atomic mass is 9.72. The number of hydrogen-bond acceptors (Lipinski definition) is 4. The molecule has 0 aromatic rings. The molecule has 0 spiro atoms. The van der Waals surface area contributed by atoms with Gasteiger partial charge in [0.25, 0.3) is 0 Å². The van der Waals surface area contributed by atoms with Crippen LogP contribution in [0.4, 0.5) is 0 Å². The number of methoxy groups -OCH3 is 1. The fourth-order valence-electron chi connectivity index (χ4n) is 2.55. The van der Waals surface area contributed by atoms with Gasteiger partial charge in [0.15, 0.2) is 0 Å². The van der Waals surface area contributed by atoms with Crippen molar-refractivity contribution in [1.82, 2.24) is 4.90 Å². The summed E-state index contributed by atoms with van der Waals surface area (Å²) in [6.45, 7) is 4.48. The van der Waals surface area contributed by atoms with Crippen molar-refractivity contribution in [3.8, 4) is 0 Å². The number of morpholine rings is 1. The lowest BCUT2D eigenvalue weighted by molar-refractivity contribution is -0.114. The monoisotopic (exact) mass is 200 g/mol.